The van der Waals surface area contributed by atoms with Crippen molar-refractivity contribution >= 4 is 23.4 Å². The summed E-state index contributed by atoms with van der Waals surface area (Å²) < 4.78 is 0. The number of non-ortho nitro benzene ring substituents is 1. The highest BCUT2D eigenvalue weighted by molar-refractivity contribution is 8.00. The van der Waals surface area contributed by atoms with E-state index in [1.165, 1.54) is 12.1 Å². The molecule has 0 unspecified atom stereocenters. The van der Waals surface area contributed by atoms with Crippen LogP contribution in [0.4, 0.5) is 5.69 Å². The van der Waals surface area contributed by atoms with Crippen LogP contribution in [0, 0.1) is 10.1 Å². The molecule has 0 spiro atoms. The maximum absolute atomic E-state index is 11.8. The lowest BCUT2D eigenvalue weighted by Crippen LogP contribution is -2.31. The fourth-order valence-corrected chi connectivity index (χ4v) is 3.25. The zero-order valence-corrected chi connectivity index (χ0v) is 12.5. The molecule has 1 saturated heterocycles. The molecule has 0 saturated carbocycles. The van der Waals surface area contributed by atoms with Crippen molar-refractivity contribution in [2.24, 2.45) is 0 Å². The molecule has 1 amide bonds. The summed E-state index contributed by atoms with van der Waals surface area (Å²) >= 11 is 1.69. The number of rotatable bonds is 6. The van der Waals surface area contributed by atoms with Crippen LogP contribution in [-0.4, -0.2) is 34.9 Å². The molecule has 6 nitrogen and oxygen atoms in total. The van der Waals surface area contributed by atoms with E-state index in [0.717, 1.165) is 31.5 Å². The van der Waals surface area contributed by atoms with Crippen molar-refractivity contribution in [2.75, 3.05) is 18.8 Å². The summed E-state index contributed by atoms with van der Waals surface area (Å²) in [7, 11) is 0. The number of piperidine rings is 1. The molecule has 1 aromatic rings. The van der Waals surface area contributed by atoms with Crippen molar-refractivity contribution < 1.29 is 9.72 Å². The van der Waals surface area contributed by atoms with Gasteiger partial charge in [-0.25, -0.2) is 0 Å². The molecule has 1 fully saturated rings. The maximum atomic E-state index is 11.8. The number of hydrogen-bond donors (Lipinski definition) is 2. The van der Waals surface area contributed by atoms with Crippen LogP contribution in [0.5, 0.6) is 0 Å². The van der Waals surface area contributed by atoms with Gasteiger partial charge in [-0.2, -0.15) is 0 Å². The predicted octanol–water partition coefficient (Wildman–Crippen LogP) is 1.70. The number of amides is 1. The van der Waals surface area contributed by atoms with Crippen molar-refractivity contribution in [1.29, 1.82) is 0 Å². The zero-order valence-electron chi connectivity index (χ0n) is 11.7. The van der Waals surface area contributed by atoms with Crippen molar-refractivity contribution in [3.63, 3.8) is 0 Å². The standard InChI is InChI=1S/C14H19N3O3S/c18-14(10-21-13-4-6-15-7-5-13)16-9-11-2-1-3-12(8-11)17(19)20/h1-3,8,13,15H,4-7,9-10H2,(H,16,18). The normalized spacial score (nSPS) is 15.6. The number of hydrogen-bond acceptors (Lipinski definition) is 5. The number of nitrogens with one attached hydrogen (secondary N) is 2. The Bertz CT molecular complexity index is 504. The predicted molar refractivity (Wildman–Crippen MR) is 83.3 cm³/mol. The van der Waals surface area contributed by atoms with E-state index in [1.54, 1.807) is 23.9 Å². The minimum Gasteiger partial charge on any atom is -0.351 e. The Morgan fingerprint density at radius 1 is 1.43 bits per heavy atom. The van der Waals surface area contributed by atoms with Gasteiger partial charge in [0.15, 0.2) is 0 Å². The number of nitro groups is 1. The van der Waals surface area contributed by atoms with E-state index in [4.69, 9.17) is 0 Å². The van der Waals surface area contributed by atoms with Gasteiger partial charge in [-0.3, -0.25) is 14.9 Å². The number of nitrogens with zero attached hydrogens (tertiary/aromatic N) is 1. The smallest absolute Gasteiger partial charge is 0.269 e. The van der Waals surface area contributed by atoms with Gasteiger partial charge in [0.25, 0.3) is 5.69 Å². The number of nitro benzene ring substituents is 1. The van der Waals surface area contributed by atoms with E-state index in [0.29, 0.717) is 17.5 Å². The molecule has 1 aliphatic heterocycles. The van der Waals surface area contributed by atoms with E-state index in [-0.39, 0.29) is 11.6 Å². The Hall–Kier alpha value is -1.60. The van der Waals surface area contributed by atoms with Crippen molar-refractivity contribution in [1.82, 2.24) is 10.6 Å². The largest absolute Gasteiger partial charge is 0.351 e. The Kier molecular flexibility index (Phi) is 6.01. The van der Waals surface area contributed by atoms with E-state index in [1.807, 2.05) is 0 Å². The summed E-state index contributed by atoms with van der Waals surface area (Å²) in [4.78, 5) is 22.0. The molecule has 1 heterocycles. The second kappa shape index (κ2) is 7.99. The molecule has 0 bridgehead atoms. The monoisotopic (exact) mass is 309 g/mol. The third-order valence-electron chi connectivity index (χ3n) is 3.35. The van der Waals surface area contributed by atoms with E-state index < -0.39 is 4.92 Å². The zero-order chi connectivity index (χ0) is 15.1. The molecule has 0 aliphatic carbocycles. The topological polar surface area (TPSA) is 84.3 Å². The molecule has 1 aliphatic rings. The average Bonchev–Trinajstić information content (AvgIpc) is 2.52. The Morgan fingerprint density at radius 3 is 2.90 bits per heavy atom. The van der Waals surface area contributed by atoms with Crippen LogP contribution in [0.2, 0.25) is 0 Å². The quantitative estimate of drug-likeness (QED) is 0.617. The summed E-state index contributed by atoms with van der Waals surface area (Å²) in [6, 6.07) is 6.33. The van der Waals surface area contributed by atoms with Crippen LogP contribution in [0.1, 0.15) is 18.4 Å². The first-order chi connectivity index (χ1) is 10.1. The lowest BCUT2D eigenvalue weighted by atomic mass is 10.2. The third-order valence-corrected chi connectivity index (χ3v) is 4.72. The summed E-state index contributed by atoms with van der Waals surface area (Å²) in [6.07, 6.45) is 2.20. The van der Waals surface area contributed by atoms with E-state index >= 15 is 0 Å². The molecule has 0 aromatic heterocycles. The van der Waals surface area contributed by atoms with Gasteiger partial charge in [-0.05, 0) is 31.5 Å². The van der Waals surface area contributed by atoms with Gasteiger partial charge in [0.05, 0.1) is 10.7 Å². The SMILES string of the molecule is O=C(CSC1CCNCC1)NCc1cccc([N+](=O)[O-])c1. The lowest BCUT2D eigenvalue weighted by molar-refractivity contribution is -0.384. The van der Waals surface area contributed by atoms with Crippen molar-refractivity contribution in [3.8, 4) is 0 Å². The fourth-order valence-electron chi connectivity index (χ4n) is 2.19. The van der Waals surface area contributed by atoms with Crippen LogP contribution >= 0.6 is 11.8 Å². The molecule has 21 heavy (non-hydrogen) atoms. The van der Waals surface area contributed by atoms with Gasteiger partial charge in [0.1, 0.15) is 0 Å². The molecule has 0 radical (unpaired) electrons. The van der Waals surface area contributed by atoms with E-state index in [2.05, 4.69) is 10.6 Å². The maximum Gasteiger partial charge on any atom is 0.269 e. The van der Waals surface area contributed by atoms with Crippen LogP contribution < -0.4 is 10.6 Å². The molecule has 2 rings (SSSR count). The summed E-state index contributed by atoms with van der Waals surface area (Å²) in [5.74, 6) is 0.421. The van der Waals surface area contributed by atoms with Crippen LogP contribution in [0.15, 0.2) is 24.3 Å². The number of carbonyl (C=O) groups excluding carboxylic acids is 1. The Balaban J connectivity index is 1.73. The number of thioether (sulfide) groups is 1. The molecule has 2 N–H and O–H groups in total. The first-order valence-electron chi connectivity index (χ1n) is 6.97. The third kappa shape index (κ3) is 5.35. The second-order valence-corrected chi connectivity index (χ2v) is 6.25. The summed E-state index contributed by atoms with van der Waals surface area (Å²) in [5, 5.41) is 17.3. The van der Waals surface area contributed by atoms with Gasteiger partial charge in [0, 0.05) is 23.9 Å². The highest BCUT2D eigenvalue weighted by Crippen LogP contribution is 2.19. The summed E-state index contributed by atoms with van der Waals surface area (Å²) in [6.45, 7) is 2.37. The minimum atomic E-state index is -0.432. The number of benzene rings is 1. The van der Waals surface area contributed by atoms with Crippen molar-refractivity contribution in [3.05, 3.63) is 39.9 Å². The fraction of sp³-hybridized carbons (Fsp3) is 0.500. The minimum absolute atomic E-state index is 0.0231. The molecule has 114 valence electrons. The van der Waals surface area contributed by atoms with Gasteiger partial charge in [-0.15, -0.1) is 11.8 Å². The van der Waals surface area contributed by atoms with Gasteiger partial charge in [-0.1, -0.05) is 12.1 Å². The lowest BCUT2D eigenvalue weighted by Gasteiger charge is -2.21. The molecular formula is C14H19N3O3S. The van der Waals surface area contributed by atoms with E-state index in [9.17, 15) is 14.9 Å². The highest BCUT2D eigenvalue weighted by Gasteiger charge is 2.15. The van der Waals surface area contributed by atoms with Gasteiger partial charge >= 0.3 is 0 Å². The average molecular weight is 309 g/mol. The van der Waals surface area contributed by atoms with Crippen LogP contribution in [0.3, 0.4) is 0 Å². The Morgan fingerprint density at radius 2 is 2.19 bits per heavy atom. The van der Waals surface area contributed by atoms with Crippen LogP contribution in [-0.2, 0) is 11.3 Å². The first kappa shape index (κ1) is 15.8. The number of carbonyl (C=O) groups is 1. The Labute approximate surface area is 127 Å². The molecule has 0 atom stereocenters. The van der Waals surface area contributed by atoms with Gasteiger partial charge < -0.3 is 10.6 Å². The summed E-state index contributed by atoms with van der Waals surface area (Å²) in [5.41, 5.74) is 0.787. The first-order valence-corrected chi connectivity index (χ1v) is 8.02. The van der Waals surface area contributed by atoms with Crippen LogP contribution in [0.25, 0.3) is 0 Å². The van der Waals surface area contributed by atoms with Crippen molar-refractivity contribution in [2.45, 2.75) is 24.6 Å². The second-order valence-electron chi connectivity index (χ2n) is 4.96. The molecule has 7 heteroatoms. The molecule has 1 aromatic carbocycles. The highest BCUT2D eigenvalue weighted by atomic mass is 32.2. The van der Waals surface area contributed by atoms with Gasteiger partial charge in [0.2, 0.25) is 5.91 Å². The molecular weight excluding hydrogens is 290 g/mol.